The van der Waals surface area contributed by atoms with Gasteiger partial charge in [-0.25, -0.2) is 0 Å². The molecule has 0 bridgehead atoms. The minimum absolute atomic E-state index is 0.0349. The van der Waals surface area contributed by atoms with Gasteiger partial charge in [-0.2, -0.15) is 13.2 Å². The largest absolute Gasteiger partial charge is 0.391 e. The smallest absolute Gasteiger partial charge is 0.376 e. The molecule has 0 aliphatic heterocycles. The van der Waals surface area contributed by atoms with Gasteiger partial charge in [-0.3, -0.25) is 4.79 Å². The van der Waals surface area contributed by atoms with Gasteiger partial charge in [-0.05, 0) is 39.0 Å². The molecule has 2 saturated carbocycles. The highest BCUT2D eigenvalue weighted by molar-refractivity contribution is 5.79. The fourth-order valence-electron chi connectivity index (χ4n) is 3.19. The minimum Gasteiger partial charge on any atom is -0.376 e. The van der Waals surface area contributed by atoms with Crippen molar-refractivity contribution in [1.29, 1.82) is 0 Å². The van der Waals surface area contributed by atoms with Gasteiger partial charge in [0.2, 0.25) is 5.91 Å². The van der Waals surface area contributed by atoms with Crippen molar-refractivity contribution in [2.24, 2.45) is 17.6 Å². The normalized spacial score (nSPS) is 36.9. The highest BCUT2D eigenvalue weighted by Gasteiger charge is 2.44. The van der Waals surface area contributed by atoms with E-state index in [1.54, 1.807) is 0 Å². The van der Waals surface area contributed by atoms with Crippen LogP contribution in [0.25, 0.3) is 0 Å². The molecule has 0 aromatic heterocycles. The zero-order valence-corrected chi connectivity index (χ0v) is 12.2. The van der Waals surface area contributed by atoms with Crippen LogP contribution in [-0.4, -0.2) is 36.9 Å². The van der Waals surface area contributed by atoms with Gasteiger partial charge in [-0.1, -0.05) is 0 Å². The molecule has 122 valence electrons. The first kappa shape index (κ1) is 16.5. The molecule has 2 rings (SSSR count). The van der Waals surface area contributed by atoms with Crippen LogP contribution in [0.4, 0.5) is 13.2 Å². The predicted octanol–water partition coefficient (Wildman–Crippen LogP) is 1.98. The SMILES string of the molecule is CCOC1CC(N)C1NC(=O)C1CCC(C(F)(F)F)CC1. The van der Waals surface area contributed by atoms with E-state index in [0.717, 1.165) is 0 Å². The molecule has 1 amide bonds. The molecule has 0 radical (unpaired) electrons. The first-order chi connectivity index (χ1) is 9.82. The summed E-state index contributed by atoms with van der Waals surface area (Å²) in [6.07, 6.45) is -2.85. The number of nitrogens with two attached hydrogens (primary N) is 1. The van der Waals surface area contributed by atoms with Crippen LogP contribution in [0.2, 0.25) is 0 Å². The highest BCUT2D eigenvalue weighted by Crippen LogP contribution is 2.39. The Labute approximate surface area is 122 Å². The van der Waals surface area contributed by atoms with E-state index in [4.69, 9.17) is 10.5 Å². The maximum atomic E-state index is 12.6. The maximum Gasteiger partial charge on any atom is 0.391 e. The molecule has 2 aliphatic rings. The zero-order chi connectivity index (χ0) is 15.6. The van der Waals surface area contributed by atoms with Crippen molar-refractivity contribution in [3.05, 3.63) is 0 Å². The molecule has 3 N–H and O–H groups in total. The molecule has 3 atom stereocenters. The maximum absolute atomic E-state index is 12.6. The first-order valence-electron chi connectivity index (χ1n) is 7.57. The molecule has 0 saturated heterocycles. The summed E-state index contributed by atoms with van der Waals surface area (Å²) in [5.41, 5.74) is 5.86. The van der Waals surface area contributed by atoms with Crippen LogP contribution in [-0.2, 0) is 9.53 Å². The second-order valence-electron chi connectivity index (χ2n) is 6.02. The van der Waals surface area contributed by atoms with Crippen molar-refractivity contribution >= 4 is 5.91 Å². The second kappa shape index (κ2) is 6.52. The number of alkyl halides is 3. The van der Waals surface area contributed by atoms with E-state index in [1.807, 2.05) is 6.92 Å². The molecule has 3 unspecified atom stereocenters. The van der Waals surface area contributed by atoms with Crippen molar-refractivity contribution in [3.8, 4) is 0 Å². The Bertz CT molecular complexity index is 366. The lowest BCUT2D eigenvalue weighted by molar-refractivity contribution is -0.184. The molecule has 4 nitrogen and oxygen atoms in total. The number of carbonyl (C=O) groups is 1. The summed E-state index contributed by atoms with van der Waals surface area (Å²) in [7, 11) is 0. The topological polar surface area (TPSA) is 64.3 Å². The van der Waals surface area contributed by atoms with Gasteiger partial charge >= 0.3 is 6.18 Å². The lowest BCUT2D eigenvalue weighted by Crippen LogP contribution is -2.65. The number of ether oxygens (including phenoxy) is 1. The average molecular weight is 308 g/mol. The van der Waals surface area contributed by atoms with Crippen LogP contribution < -0.4 is 11.1 Å². The number of carbonyl (C=O) groups excluding carboxylic acids is 1. The van der Waals surface area contributed by atoms with Crippen LogP contribution in [0.5, 0.6) is 0 Å². The van der Waals surface area contributed by atoms with Crippen molar-refractivity contribution in [2.75, 3.05) is 6.61 Å². The summed E-state index contributed by atoms with van der Waals surface area (Å²) in [5.74, 6) is -1.78. The number of nitrogens with one attached hydrogen (secondary N) is 1. The summed E-state index contributed by atoms with van der Waals surface area (Å²) in [4.78, 5) is 12.1. The van der Waals surface area contributed by atoms with E-state index in [-0.39, 0.29) is 55.7 Å². The summed E-state index contributed by atoms with van der Waals surface area (Å²) < 4.78 is 43.3. The molecule has 0 spiro atoms. The predicted molar refractivity (Wildman–Crippen MR) is 71.4 cm³/mol. The van der Waals surface area contributed by atoms with Crippen LogP contribution >= 0.6 is 0 Å². The Balaban J connectivity index is 1.80. The monoisotopic (exact) mass is 308 g/mol. The van der Waals surface area contributed by atoms with Crippen LogP contribution in [0, 0.1) is 11.8 Å². The van der Waals surface area contributed by atoms with Gasteiger partial charge in [0.25, 0.3) is 0 Å². The zero-order valence-electron chi connectivity index (χ0n) is 12.2. The van der Waals surface area contributed by atoms with Gasteiger partial charge in [0, 0.05) is 18.6 Å². The molecule has 0 aromatic carbocycles. The quantitative estimate of drug-likeness (QED) is 0.834. The van der Waals surface area contributed by atoms with Crippen LogP contribution in [0.1, 0.15) is 39.0 Å². The molecule has 0 heterocycles. The lowest BCUT2D eigenvalue weighted by atomic mass is 9.79. The molecule has 7 heteroatoms. The Morgan fingerprint density at radius 2 is 1.90 bits per heavy atom. The number of hydrogen-bond acceptors (Lipinski definition) is 3. The fraction of sp³-hybridized carbons (Fsp3) is 0.929. The molecule has 0 aromatic rings. The van der Waals surface area contributed by atoms with Crippen molar-refractivity contribution < 1.29 is 22.7 Å². The molecule has 21 heavy (non-hydrogen) atoms. The highest BCUT2D eigenvalue weighted by atomic mass is 19.4. The van der Waals surface area contributed by atoms with E-state index < -0.39 is 12.1 Å². The van der Waals surface area contributed by atoms with E-state index in [0.29, 0.717) is 13.0 Å². The third kappa shape index (κ3) is 3.88. The third-order valence-electron chi connectivity index (χ3n) is 4.62. The van der Waals surface area contributed by atoms with Gasteiger partial charge in [0.1, 0.15) is 0 Å². The standard InChI is InChI=1S/C14H23F3N2O2/c1-2-21-11-7-10(18)12(11)19-13(20)8-3-5-9(6-4-8)14(15,16)17/h8-12H,2-7,18H2,1H3,(H,19,20). The Hall–Kier alpha value is -0.820. The molecule has 2 aliphatic carbocycles. The molecular weight excluding hydrogens is 285 g/mol. The second-order valence-corrected chi connectivity index (χ2v) is 6.02. The number of rotatable bonds is 4. The third-order valence-corrected chi connectivity index (χ3v) is 4.62. The first-order valence-corrected chi connectivity index (χ1v) is 7.57. The van der Waals surface area contributed by atoms with Crippen molar-refractivity contribution in [3.63, 3.8) is 0 Å². The van der Waals surface area contributed by atoms with Gasteiger partial charge in [0.15, 0.2) is 0 Å². The number of halogens is 3. The Kier molecular flexibility index (Phi) is 5.14. The lowest BCUT2D eigenvalue weighted by Gasteiger charge is -2.43. The van der Waals surface area contributed by atoms with Crippen molar-refractivity contribution in [1.82, 2.24) is 5.32 Å². The fourth-order valence-corrected chi connectivity index (χ4v) is 3.19. The van der Waals surface area contributed by atoms with E-state index in [2.05, 4.69) is 5.32 Å². The van der Waals surface area contributed by atoms with E-state index in [1.165, 1.54) is 0 Å². The van der Waals surface area contributed by atoms with Gasteiger partial charge in [0.05, 0.1) is 18.1 Å². The Morgan fingerprint density at radius 3 is 2.38 bits per heavy atom. The van der Waals surface area contributed by atoms with Gasteiger partial charge in [-0.15, -0.1) is 0 Å². The van der Waals surface area contributed by atoms with Crippen LogP contribution in [0.3, 0.4) is 0 Å². The summed E-state index contributed by atoms with van der Waals surface area (Å²) >= 11 is 0. The summed E-state index contributed by atoms with van der Waals surface area (Å²) in [6.45, 7) is 2.43. The number of amides is 1. The number of hydrogen-bond donors (Lipinski definition) is 2. The van der Waals surface area contributed by atoms with E-state index >= 15 is 0 Å². The summed E-state index contributed by atoms with van der Waals surface area (Å²) in [5, 5.41) is 2.85. The average Bonchev–Trinajstić information content (AvgIpc) is 2.43. The minimum atomic E-state index is -4.14. The Morgan fingerprint density at radius 1 is 1.29 bits per heavy atom. The summed E-state index contributed by atoms with van der Waals surface area (Å²) in [6, 6.07) is -0.338. The van der Waals surface area contributed by atoms with Crippen LogP contribution in [0.15, 0.2) is 0 Å². The molecule has 2 fully saturated rings. The van der Waals surface area contributed by atoms with Crippen molar-refractivity contribution in [2.45, 2.75) is 63.4 Å². The molecular formula is C14H23F3N2O2. The van der Waals surface area contributed by atoms with Gasteiger partial charge < -0.3 is 15.8 Å². The van der Waals surface area contributed by atoms with E-state index in [9.17, 15) is 18.0 Å².